The van der Waals surface area contributed by atoms with Crippen molar-refractivity contribution in [1.29, 1.82) is 0 Å². The van der Waals surface area contributed by atoms with Gasteiger partial charge in [-0.3, -0.25) is 0 Å². The number of fused-ring (bicyclic) bond motifs is 1. The molecule has 1 N–H and O–H groups in total. The lowest BCUT2D eigenvalue weighted by Gasteiger charge is -2.27. The van der Waals surface area contributed by atoms with Gasteiger partial charge in [-0.25, -0.2) is 0 Å². The smallest absolute Gasteiger partial charge is 0.0903 e. The predicted molar refractivity (Wildman–Crippen MR) is 101 cm³/mol. The fourth-order valence-electron chi connectivity index (χ4n) is 4.61. The first-order valence-electron chi connectivity index (χ1n) is 8.87. The van der Waals surface area contributed by atoms with E-state index in [9.17, 15) is 5.11 Å². The molecular formula is C21H25NOS. The summed E-state index contributed by atoms with van der Waals surface area (Å²) in [5.41, 5.74) is 1.75. The predicted octanol–water partition coefficient (Wildman–Crippen LogP) is 3.89. The van der Waals surface area contributed by atoms with Crippen LogP contribution >= 0.6 is 12.6 Å². The molecule has 2 aromatic carbocycles. The van der Waals surface area contributed by atoms with Crippen molar-refractivity contribution in [1.82, 2.24) is 4.90 Å². The summed E-state index contributed by atoms with van der Waals surface area (Å²) >= 11 is 4.80. The zero-order valence-electron chi connectivity index (χ0n) is 13.9. The number of benzene rings is 2. The highest BCUT2D eigenvalue weighted by Gasteiger charge is 2.48. The van der Waals surface area contributed by atoms with Gasteiger partial charge in [0.25, 0.3) is 0 Å². The minimum absolute atomic E-state index is 0.262. The first-order valence-corrected chi connectivity index (χ1v) is 9.39. The summed E-state index contributed by atoms with van der Waals surface area (Å²) in [7, 11) is 0. The largest absolute Gasteiger partial charge is 0.385 e. The number of hydrogen-bond donors (Lipinski definition) is 2. The van der Waals surface area contributed by atoms with Crippen LogP contribution in [0, 0.1) is 11.8 Å². The third-order valence-electron chi connectivity index (χ3n) is 5.78. The second-order valence-corrected chi connectivity index (χ2v) is 8.09. The quantitative estimate of drug-likeness (QED) is 0.826. The van der Waals surface area contributed by atoms with Gasteiger partial charge in [0.15, 0.2) is 0 Å². The monoisotopic (exact) mass is 339 g/mol. The number of nitrogens with zero attached hydrogens (tertiary/aromatic N) is 1. The summed E-state index contributed by atoms with van der Waals surface area (Å²) in [5.74, 6) is 1.21. The van der Waals surface area contributed by atoms with E-state index >= 15 is 0 Å². The molecule has 2 aliphatic rings. The second-order valence-electron chi connectivity index (χ2n) is 7.47. The molecule has 2 fully saturated rings. The Balaban J connectivity index is 1.38. The minimum atomic E-state index is -0.623. The average molecular weight is 340 g/mol. The van der Waals surface area contributed by atoms with E-state index in [1.807, 2.05) is 18.2 Å². The molecule has 0 amide bonds. The van der Waals surface area contributed by atoms with Crippen LogP contribution in [0.25, 0.3) is 0 Å². The maximum absolute atomic E-state index is 11.1. The Hall–Kier alpha value is -1.29. The van der Waals surface area contributed by atoms with Gasteiger partial charge in [0.2, 0.25) is 0 Å². The molecule has 4 rings (SSSR count). The van der Waals surface area contributed by atoms with E-state index in [1.165, 1.54) is 5.56 Å². The lowest BCUT2D eigenvalue weighted by Crippen LogP contribution is -2.30. The first-order chi connectivity index (χ1) is 11.6. The van der Waals surface area contributed by atoms with Gasteiger partial charge in [0, 0.05) is 24.9 Å². The number of aliphatic hydroxyl groups is 1. The minimum Gasteiger partial charge on any atom is -0.385 e. The van der Waals surface area contributed by atoms with E-state index in [0.29, 0.717) is 11.8 Å². The summed E-state index contributed by atoms with van der Waals surface area (Å²) in [6, 6.07) is 20.7. The number of likely N-dealkylation sites (tertiary alicyclic amines) is 1. The van der Waals surface area contributed by atoms with Gasteiger partial charge < -0.3 is 10.0 Å². The van der Waals surface area contributed by atoms with Gasteiger partial charge in [-0.2, -0.15) is 12.6 Å². The topological polar surface area (TPSA) is 23.5 Å². The highest BCUT2D eigenvalue weighted by molar-refractivity contribution is 7.80. The van der Waals surface area contributed by atoms with Crippen molar-refractivity contribution < 1.29 is 5.11 Å². The third-order valence-corrected chi connectivity index (χ3v) is 6.24. The van der Waals surface area contributed by atoms with Crippen LogP contribution in [0.4, 0.5) is 0 Å². The van der Waals surface area contributed by atoms with Crippen molar-refractivity contribution >= 4 is 12.6 Å². The van der Waals surface area contributed by atoms with Crippen molar-refractivity contribution in [2.75, 3.05) is 19.6 Å². The van der Waals surface area contributed by atoms with Crippen LogP contribution in [0.3, 0.4) is 0 Å². The van der Waals surface area contributed by atoms with Crippen LogP contribution in [-0.2, 0) is 5.60 Å². The molecule has 2 aromatic rings. The molecule has 1 unspecified atom stereocenters. The van der Waals surface area contributed by atoms with Gasteiger partial charge >= 0.3 is 0 Å². The van der Waals surface area contributed by atoms with Crippen molar-refractivity contribution in [3.63, 3.8) is 0 Å². The summed E-state index contributed by atoms with van der Waals surface area (Å²) in [6.45, 7) is 3.16. The molecule has 2 nitrogen and oxygen atoms in total. The molecule has 24 heavy (non-hydrogen) atoms. The molecule has 1 heterocycles. The zero-order valence-corrected chi connectivity index (χ0v) is 14.8. The molecular weight excluding hydrogens is 314 g/mol. The fraction of sp³-hybridized carbons (Fsp3) is 0.429. The van der Waals surface area contributed by atoms with Crippen molar-refractivity contribution in [3.05, 3.63) is 71.8 Å². The Kier molecular flexibility index (Phi) is 4.42. The van der Waals surface area contributed by atoms with Crippen molar-refractivity contribution in [2.24, 2.45) is 11.8 Å². The van der Waals surface area contributed by atoms with E-state index in [4.69, 9.17) is 12.6 Å². The highest BCUT2D eigenvalue weighted by atomic mass is 32.1. The van der Waals surface area contributed by atoms with E-state index in [0.717, 1.165) is 38.0 Å². The summed E-state index contributed by atoms with van der Waals surface area (Å²) < 4.78 is 0. The second kappa shape index (κ2) is 6.55. The summed E-state index contributed by atoms with van der Waals surface area (Å²) in [4.78, 5) is 2.53. The lowest BCUT2D eigenvalue weighted by atomic mass is 9.90. The molecule has 1 saturated carbocycles. The van der Waals surface area contributed by atoms with Gasteiger partial charge in [-0.05, 0) is 35.8 Å². The Labute approximate surface area is 149 Å². The number of thiol groups is 1. The van der Waals surface area contributed by atoms with Crippen LogP contribution < -0.4 is 0 Å². The molecule has 0 bridgehead atoms. The summed E-state index contributed by atoms with van der Waals surface area (Å²) in [6.07, 6.45) is 1.78. The van der Waals surface area contributed by atoms with Gasteiger partial charge in [0.1, 0.15) is 0 Å². The average Bonchev–Trinajstić information content (AvgIpc) is 3.11. The maximum atomic E-state index is 11.1. The molecule has 3 heteroatoms. The molecule has 0 radical (unpaired) electrons. The normalized spacial score (nSPS) is 31.1. The fourth-order valence-corrected chi connectivity index (χ4v) is 5.01. The zero-order chi connectivity index (χ0) is 16.6. The van der Waals surface area contributed by atoms with Gasteiger partial charge in [0.05, 0.1) is 5.60 Å². The van der Waals surface area contributed by atoms with Crippen LogP contribution in [0.5, 0.6) is 0 Å². The molecule has 0 aromatic heterocycles. The standard InChI is InChI=1S/C21H25NOS/c23-21(19-9-5-2-6-10-19)11-17-13-22(14-18(17)12-21)15-20(24)16-7-3-1-4-8-16/h1-10,17-18,20,23-24H,11-15H2/t17-,18+,20-,21?/m0/s1. The van der Waals surface area contributed by atoms with Crippen LogP contribution in [-0.4, -0.2) is 29.6 Å². The third kappa shape index (κ3) is 3.13. The Morgan fingerprint density at radius 1 is 0.958 bits per heavy atom. The molecule has 126 valence electrons. The Morgan fingerprint density at radius 2 is 1.50 bits per heavy atom. The van der Waals surface area contributed by atoms with Gasteiger partial charge in [-0.1, -0.05) is 60.7 Å². The van der Waals surface area contributed by atoms with E-state index in [1.54, 1.807) is 0 Å². The molecule has 1 aliphatic heterocycles. The van der Waals surface area contributed by atoms with E-state index < -0.39 is 5.60 Å². The summed E-state index contributed by atoms with van der Waals surface area (Å²) in [5, 5.41) is 11.3. The van der Waals surface area contributed by atoms with E-state index in [-0.39, 0.29) is 5.25 Å². The molecule has 1 aliphatic carbocycles. The highest BCUT2D eigenvalue weighted by Crippen LogP contribution is 2.49. The van der Waals surface area contributed by atoms with Crippen molar-refractivity contribution in [2.45, 2.75) is 23.7 Å². The first kappa shape index (κ1) is 16.2. The van der Waals surface area contributed by atoms with E-state index in [2.05, 4.69) is 47.4 Å². The Bertz CT molecular complexity index is 661. The van der Waals surface area contributed by atoms with Crippen LogP contribution in [0.15, 0.2) is 60.7 Å². The molecule has 0 spiro atoms. The van der Waals surface area contributed by atoms with Gasteiger partial charge in [-0.15, -0.1) is 0 Å². The van der Waals surface area contributed by atoms with Crippen LogP contribution in [0.2, 0.25) is 0 Å². The molecule has 1 saturated heterocycles. The SMILES string of the molecule is OC1(c2ccccc2)C[C@H]2CN(C[C@H](S)c3ccccc3)C[C@H]2C1. The Morgan fingerprint density at radius 3 is 2.08 bits per heavy atom. The van der Waals surface area contributed by atoms with Crippen molar-refractivity contribution in [3.8, 4) is 0 Å². The molecule has 4 atom stereocenters. The maximum Gasteiger partial charge on any atom is 0.0903 e. The lowest BCUT2D eigenvalue weighted by molar-refractivity contribution is 0.0314. The van der Waals surface area contributed by atoms with Crippen LogP contribution in [0.1, 0.15) is 29.2 Å². The number of rotatable bonds is 4. The number of hydrogen-bond acceptors (Lipinski definition) is 3.